The topological polar surface area (TPSA) is 141 Å². The third-order valence-electron chi connectivity index (χ3n) is 1.83. The maximum atomic E-state index is 10.1. The summed E-state index contributed by atoms with van der Waals surface area (Å²) in [5.74, 6) is -0.737. The van der Waals surface area contributed by atoms with Crippen LogP contribution in [0.1, 0.15) is 13.8 Å². The highest BCUT2D eigenvalue weighted by molar-refractivity contribution is 5.66. The van der Waals surface area contributed by atoms with Crippen LogP contribution >= 0.6 is 0 Å². The van der Waals surface area contributed by atoms with Crippen molar-refractivity contribution in [2.24, 2.45) is 0 Å². The Morgan fingerprint density at radius 3 is 1.20 bits per heavy atom. The highest BCUT2D eigenvalue weighted by Crippen LogP contribution is 1.79. The second kappa shape index (κ2) is 27.5. The van der Waals surface area contributed by atoms with Gasteiger partial charge in [-0.15, -0.1) is 0 Å². The SMILES string of the molecule is CC(=O)OCCOC(C)=O.COCCO.OCCOCCOCCO. The van der Waals surface area contributed by atoms with Crippen LogP contribution in [-0.4, -0.2) is 100 Å². The molecule has 0 bridgehead atoms. The Morgan fingerprint density at radius 2 is 1.00 bits per heavy atom. The molecule has 0 saturated carbocycles. The molecule has 3 N–H and O–H groups in total. The number of carbonyl (C=O) groups excluding carboxylic acids is 2. The largest absolute Gasteiger partial charge is 0.462 e. The first kappa shape index (κ1) is 28.5. The summed E-state index contributed by atoms with van der Waals surface area (Å²) < 4.78 is 23.1. The average molecular weight is 372 g/mol. The highest BCUT2D eigenvalue weighted by atomic mass is 16.6. The summed E-state index contributed by atoms with van der Waals surface area (Å²) in [6, 6.07) is 0. The van der Waals surface area contributed by atoms with Crippen molar-refractivity contribution in [2.75, 3.05) is 73.2 Å². The molecule has 0 aliphatic carbocycles. The Kier molecular flexibility index (Phi) is 31.4. The zero-order valence-corrected chi connectivity index (χ0v) is 15.3. The van der Waals surface area contributed by atoms with E-state index in [1.807, 2.05) is 0 Å². The first-order valence-corrected chi connectivity index (χ1v) is 7.69. The number of hydrogen-bond donors (Lipinski definition) is 3. The van der Waals surface area contributed by atoms with E-state index in [1.165, 1.54) is 13.8 Å². The fraction of sp³-hybridized carbons (Fsp3) is 0.867. The smallest absolute Gasteiger partial charge is 0.302 e. The van der Waals surface area contributed by atoms with E-state index in [0.717, 1.165) is 0 Å². The van der Waals surface area contributed by atoms with Gasteiger partial charge in [0.05, 0.1) is 52.9 Å². The minimum absolute atomic E-state index is 0.0417. The Bertz CT molecular complexity index is 247. The molecule has 0 heterocycles. The van der Waals surface area contributed by atoms with E-state index < -0.39 is 0 Å². The quantitative estimate of drug-likeness (QED) is 0.281. The predicted octanol–water partition coefficient (Wildman–Crippen LogP) is -1.26. The van der Waals surface area contributed by atoms with Gasteiger partial charge in [0.25, 0.3) is 0 Å². The molecule has 0 aromatic heterocycles. The van der Waals surface area contributed by atoms with Crippen LogP contribution in [0.5, 0.6) is 0 Å². The number of ether oxygens (including phenoxy) is 5. The van der Waals surface area contributed by atoms with E-state index in [0.29, 0.717) is 33.0 Å². The van der Waals surface area contributed by atoms with Crippen molar-refractivity contribution in [3.63, 3.8) is 0 Å². The molecule has 0 aliphatic heterocycles. The Balaban J connectivity index is -0.000000308. The van der Waals surface area contributed by atoms with E-state index in [-0.39, 0.29) is 45.0 Å². The molecule has 10 nitrogen and oxygen atoms in total. The summed E-state index contributed by atoms with van der Waals surface area (Å²) in [4.78, 5) is 20.3. The summed E-state index contributed by atoms with van der Waals surface area (Å²) in [5, 5.41) is 24.5. The molecule has 10 heteroatoms. The maximum absolute atomic E-state index is 10.1. The fourth-order valence-electron chi connectivity index (χ4n) is 0.913. The zero-order chi connectivity index (χ0) is 19.8. The average Bonchev–Trinajstić information content (AvgIpc) is 2.56. The van der Waals surface area contributed by atoms with Crippen LogP contribution in [0.4, 0.5) is 0 Å². The van der Waals surface area contributed by atoms with Crippen LogP contribution in [0.25, 0.3) is 0 Å². The summed E-state index contributed by atoms with van der Waals surface area (Å²) in [6.45, 7) is 5.16. The molecule has 0 unspecified atom stereocenters. The number of hydrogen-bond acceptors (Lipinski definition) is 10. The van der Waals surface area contributed by atoms with Gasteiger partial charge in [0, 0.05) is 21.0 Å². The lowest BCUT2D eigenvalue weighted by atomic mass is 10.7. The van der Waals surface area contributed by atoms with Crippen molar-refractivity contribution in [2.45, 2.75) is 13.8 Å². The van der Waals surface area contributed by atoms with Crippen LogP contribution in [0, 0.1) is 0 Å². The van der Waals surface area contributed by atoms with Crippen molar-refractivity contribution < 1.29 is 48.6 Å². The standard InChI is InChI=1S/C6H10O4.C6H14O4.C3H8O2/c1-5(7)9-3-4-10-6(2)8;7-1-3-9-5-6-10-4-2-8;1-5-3-2-4/h3-4H2,1-2H3;7-8H,1-6H2;4H,2-3H2,1H3. The molecular weight excluding hydrogens is 340 g/mol. The molecule has 152 valence electrons. The van der Waals surface area contributed by atoms with E-state index in [1.54, 1.807) is 7.11 Å². The lowest BCUT2D eigenvalue weighted by Gasteiger charge is -2.01. The van der Waals surface area contributed by atoms with Crippen molar-refractivity contribution in [1.82, 2.24) is 0 Å². The lowest BCUT2D eigenvalue weighted by molar-refractivity contribution is -0.149. The van der Waals surface area contributed by atoms with Crippen molar-refractivity contribution in [3.8, 4) is 0 Å². The second-order valence-corrected chi connectivity index (χ2v) is 4.07. The number of esters is 2. The van der Waals surface area contributed by atoms with Gasteiger partial charge in [0.1, 0.15) is 13.2 Å². The lowest BCUT2D eigenvalue weighted by Crippen LogP contribution is -2.09. The monoisotopic (exact) mass is 372 g/mol. The van der Waals surface area contributed by atoms with Crippen molar-refractivity contribution in [3.05, 3.63) is 0 Å². The van der Waals surface area contributed by atoms with Crippen LogP contribution in [-0.2, 0) is 33.3 Å². The molecule has 0 aliphatic rings. The molecular formula is C15H32O10. The first-order chi connectivity index (χ1) is 12.0. The minimum Gasteiger partial charge on any atom is -0.462 e. The third-order valence-corrected chi connectivity index (χ3v) is 1.83. The molecule has 0 atom stereocenters. The third kappa shape index (κ3) is 45.0. The summed E-state index contributed by atoms with van der Waals surface area (Å²) in [6.07, 6.45) is 0. The van der Waals surface area contributed by atoms with Crippen molar-refractivity contribution >= 4 is 11.9 Å². The molecule has 0 aromatic carbocycles. The zero-order valence-electron chi connectivity index (χ0n) is 15.3. The number of rotatable bonds is 12. The maximum Gasteiger partial charge on any atom is 0.302 e. The van der Waals surface area contributed by atoms with Crippen LogP contribution in [0.2, 0.25) is 0 Å². The van der Waals surface area contributed by atoms with Gasteiger partial charge in [-0.1, -0.05) is 0 Å². The minimum atomic E-state index is -0.368. The molecule has 0 radical (unpaired) electrons. The summed E-state index contributed by atoms with van der Waals surface area (Å²) in [7, 11) is 1.55. The van der Waals surface area contributed by atoms with E-state index in [2.05, 4.69) is 14.2 Å². The normalized spacial score (nSPS) is 9.20. The first-order valence-electron chi connectivity index (χ1n) is 7.69. The Morgan fingerprint density at radius 1 is 0.640 bits per heavy atom. The molecule has 0 rings (SSSR count). The molecule has 0 saturated heterocycles. The molecule has 0 spiro atoms. The van der Waals surface area contributed by atoms with Gasteiger partial charge < -0.3 is 39.0 Å². The molecule has 25 heavy (non-hydrogen) atoms. The number of aliphatic hydroxyl groups excluding tert-OH is 3. The Labute approximate surface area is 148 Å². The van der Waals surface area contributed by atoms with Gasteiger partial charge >= 0.3 is 11.9 Å². The van der Waals surface area contributed by atoms with Crippen LogP contribution in [0.3, 0.4) is 0 Å². The highest BCUT2D eigenvalue weighted by Gasteiger charge is 1.94. The molecule has 0 fully saturated rings. The fourth-order valence-corrected chi connectivity index (χ4v) is 0.913. The van der Waals surface area contributed by atoms with Gasteiger partial charge in [0.15, 0.2) is 0 Å². The Hall–Kier alpha value is -1.30. The van der Waals surface area contributed by atoms with Gasteiger partial charge in [0.2, 0.25) is 0 Å². The van der Waals surface area contributed by atoms with E-state index in [9.17, 15) is 9.59 Å². The number of aliphatic hydroxyl groups is 3. The van der Waals surface area contributed by atoms with Crippen LogP contribution in [0.15, 0.2) is 0 Å². The predicted molar refractivity (Wildman–Crippen MR) is 88.0 cm³/mol. The van der Waals surface area contributed by atoms with Gasteiger partial charge in [-0.2, -0.15) is 0 Å². The molecule has 0 aromatic rings. The summed E-state index contributed by atoms with van der Waals surface area (Å²) >= 11 is 0. The van der Waals surface area contributed by atoms with Gasteiger partial charge in [-0.05, 0) is 0 Å². The van der Waals surface area contributed by atoms with E-state index in [4.69, 9.17) is 24.8 Å². The summed E-state index contributed by atoms with van der Waals surface area (Å²) in [5.41, 5.74) is 0. The van der Waals surface area contributed by atoms with E-state index >= 15 is 0 Å². The second-order valence-electron chi connectivity index (χ2n) is 4.07. The number of carbonyl (C=O) groups is 2. The van der Waals surface area contributed by atoms with Gasteiger partial charge in [-0.25, -0.2) is 0 Å². The number of methoxy groups -OCH3 is 1. The van der Waals surface area contributed by atoms with Crippen molar-refractivity contribution in [1.29, 1.82) is 0 Å². The van der Waals surface area contributed by atoms with Gasteiger partial charge in [-0.3, -0.25) is 9.59 Å². The van der Waals surface area contributed by atoms with Crippen LogP contribution < -0.4 is 0 Å². The molecule has 0 amide bonds.